The van der Waals surface area contributed by atoms with Gasteiger partial charge < -0.3 is 24.7 Å². The molecule has 0 bridgehead atoms. The predicted molar refractivity (Wildman–Crippen MR) is 115 cm³/mol. The number of rotatable bonds is 8. The molecule has 3 aromatic rings. The van der Waals surface area contributed by atoms with Crippen LogP contribution in [-0.2, 0) is 22.3 Å². The summed E-state index contributed by atoms with van der Waals surface area (Å²) >= 11 is 0. The van der Waals surface area contributed by atoms with Crippen LogP contribution in [-0.4, -0.2) is 47.5 Å². The third-order valence-corrected chi connectivity index (χ3v) is 5.42. The number of benzene rings is 2. The quantitative estimate of drug-likeness (QED) is 0.485. The largest absolute Gasteiger partial charge is 0.438 e. The van der Waals surface area contributed by atoms with Gasteiger partial charge in [0.25, 0.3) is 5.91 Å². The molecule has 1 unspecified atom stereocenters. The zero-order valence-electron chi connectivity index (χ0n) is 17.8. The average molecular weight is 474 g/mol. The molecule has 0 aliphatic carbocycles. The first-order valence-corrected chi connectivity index (χ1v) is 10.4. The smallest absolute Gasteiger partial charge is 0.418 e. The number of halogens is 3. The van der Waals surface area contributed by atoms with E-state index in [1.54, 1.807) is 24.3 Å². The number of carbonyl (C=O) groups is 2. The molecule has 8 nitrogen and oxygen atoms in total. The maximum atomic E-state index is 13.2. The Bertz CT molecular complexity index is 1120. The van der Waals surface area contributed by atoms with E-state index in [0.717, 1.165) is 18.0 Å². The van der Waals surface area contributed by atoms with Crippen molar-refractivity contribution in [3.05, 3.63) is 78.0 Å². The van der Waals surface area contributed by atoms with Crippen molar-refractivity contribution >= 4 is 23.7 Å². The predicted octanol–water partition coefficient (Wildman–Crippen LogP) is 3.59. The molecule has 2 amide bonds. The molecule has 4 rings (SSSR count). The van der Waals surface area contributed by atoms with Gasteiger partial charge in [0.05, 0.1) is 42.7 Å². The van der Waals surface area contributed by atoms with Gasteiger partial charge in [-0.1, -0.05) is 24.3 Å². The molecule has 1 aliphatic heterocycles. The first-order valence-electron chi connectivity index (χ1n) is 10.4. The first kappa shape index (κ1) is 23.3. The number of amides is 2. The Morgan fingerprint density at radius 1 is 1.15 bits per heavy atom. The Balaban J connectivity index is 1.41. The minimum atomic E-state index is -4.48. The molecule has 0 saturated carbocycles. The standard InChI is InChI=1S/C23H21F3N4O4/c24-23(25,26)17-3-1-2-4-18(17)28-16-7-5-15(6-8-16)10-30(14-31)20-12-33-11-19(20)29-22(32)21-9-27-13-34-21/h1-9,13-14,19-20,28H,10-12H2,(H,29,32)/t19-,20?/m1/s1. The van der Waals surface area contributed by atoms with E-state index in [9.17, 15) is 22.8 Å². The third-order valence-electron chi connectivity index (χ3n) is 5.42. The lowest BCUT2D eigenvalue weighted by atomic mass is 10.1. The van der Waals surface area contributed by atoms with Crippen LogP contribution in [0.5, 0.6) is 0 Å². The van der Waals surface area contributed by atoms with E-state index < -0.39 is 29.7 Å². The van der Waals surface area contributed by atoms with E-state index in [1.807, 2.05) is 0 Å². The molecule has 34 heavy (non-hydrogen) atoms. The number of oxazole rings is 1. The van der Waals surface area contributed by atoms with Crippen LogP contribution in [0.25, 0.3) is 0 Å². The second kappa shape index (κ2) is 9.96. The van der Waals surface area contributed by atoms with Crippen LogP contribution in [0.15, 0.2) is 65.5 Å². The number of aromatic nitrogens is 1. The summed E-state index contributed by atoms with van der Waals surface area (Å²) in [5.74, 6) is -0.406. The van der Waals surface area contributed by atoms with Crippen molar-refractivity contribution in [2.24, 2.45) is 0 Å². The third kappa shape index (κ3) is 5.37. The average Bonchev–Trinajstić information content (AvgIpc) is 3.51. The number of nitrogens with one attached hydrogen (secondary N) is 2. The highest BCUT2D eigenvalue weighted by Gasteiger charge is 2.35. The van der Waals surface area contributed by atoms with Crippen LogP contribution < -0.4 is 10.6 Å². The fourth-order valence-electron chi connectivity index (χ4n) is 3.71. The molecule has 1 fully saturated rings. The summed E-state index contributed by atoms with van der Waals surface area (Å²) in [7, 11) is 0. The Kier molecular flexibility index (Phi) is 6.82. The highest BCUT2D eigenvalue weighted by molar-refractivity contribution is 5.91. The zero-order chi connectivity index (χ0) is 24.1. The summed E-state index contributed by atoms with van der Waals surface area (Å²) < 4.78 is 50.1. The molecule has 0 spiro atoms. The van der Waals surface area contributed by atoms with Gasteiger partial charge in [-0.25, -0.2) is 4.98 Å². The van der Waals surface area contributed by atoms with Crippen molar-refractivity contribution in [1.29, 1.82) is 0 Å². The van der Waals surface area contributed by atoms with Crippen molar-refractivity contribution in [3.63, 3.8) is 0 Å². The molecule has 0 radical (unpaired) electrons. The van der Waals surface area contributed by atoms with Crippen LogP contribution in [0.3, 0.4) is 0 Å². The SMILES string of the molecule is O=CN(Cc1ccc(Nc2ccccc2C(F)(F)F)cc1)C1COC[C@H]1NC(=O)c1cnco1. The fourth-order valence-corrected chi connectivity index (χ4v) is 3.71. The van der Waals surface area contributed by atoms with Gasteiger partial charge in [0.1, 0.15) is 0 Å². The molecule has 1 aliphatic rings. The maximum absolute atomic E-state index is 13.2. The van der Waals surface area contributed by atoms with Crippen molar-refractivity contribution < 1.29 is 31.9 Å². The Hall–Kier alpha value is -3.86. The number of carbonyl (C=O) groups excluding carboxylic acids is 2. The van der Waals surface area contributed by atoms with Gasteiger partial charge >= 0.3 is 6.18 Å². The van der Waals surface area contributed by atoms with Gasteiger partial charge in [-0.05, 0) is 29.8 Å². The Labute approximate surface area is 192 Å². The lowest BCUT2D eigenvalue weighted by molar-refractivity contribution is -0.137. The molecule has 178 valence electrons. The highest BCUT2D eigenvalue weighted by atomic mass is 19.4. The lowest BCUT2D eigenvalue weighted by Crippen LogP contribution is -2.50. The van der Waals surface area contributed by atoms with Crippen LogP contribution in [0.2, 0.25) is 0 Å². The minimum absolute atomic E-state index is 0.0503. The van der Waals surface area contributed by atoms with E-state index in [1.165, 1.54) is 29.3 Å². The van der Waals surface area contributed by atoms with Crippen LogP contribution in [0.1, 0.15) is 21.7 Å². The van der Waals surface area contributed by atoms with Gasteiger partial charge in [0.2, 0.25) is 12.2 Å². The van der Waals surface area contributed by atoms with Crippen molar-refractivity contribution in [1.82, 2.24) is 15.2 Å². The Morgan fingerprint density at radius 2 is 1.91 bits per heavy atom. The summed E-state index contributed by atoms with van der Waals surface area (Å²) in [6.07, 6.45) is -1.36. The monoisotopic (exact) mass is 474 g/mol. The van der Waals surface area contributed by atoms with Crippen molar-refractivity contribution in [2.45, 2.75) is 24.8 Å². The molecular weight excluding hydrogens is 453 g/mol. The number of para-hydroxylation sites is 1. The summed E-state index contributed by atoms with van der Waals surface area (Å²) in [5, 5.41) is 5.57. The Morgan fingerprint density at radius 3 is 2.59 bits per heavy atom. The van der Waals surface area contributed by atoms with Crippen LogP contribution in [0.4, 0.5) is 24.5 Å². The zero-order valence-corrected chi connectivity index (χ0v) is 17.8. The molecule has 1 saturated heterocycles. The number of hydrogen-bond acceptors (Lipinski definition) is 6. The van der Waals surface area contributed by atoms with Gasteiger partial charge in [-0.2, -0.15) is 13.2 Å². The second-order valence-corrected chi connectivity index (χ2v) is 7.69. The minimum Gasteiger partial charge on any atom is -0.438 e. The number of alkyl halides is 3. The maximum Gasteiger partial charge on any atom is 0.418 e. The van der Waals surface area contributed by atoms with Gasteiger partial charge in [-0.15, -0.1) is 0 Å². The van der Waals surface area contributed by atoms with Crippen LogP contribution in [0, 0.1) is 0 Å². The number of anilines is 2. The lowest BCUT2D eigenvalue weighted by Gasteiger charge is -2.28. The molecule has 2 heterocycles. The number of nitrogens with zero attached hydrogens (tertiary/aromatic N) is 2. The summed E-state index contributed by atoms with van der Waals surface area (Å²) in [5.41, 5.74) is 0.421. The fraction of sp³-hybridized carbons (Fsp3) is 0.261. The van der Waals surface area contributed by atoms with Gasteiger partial charge in [0.15, 0.2) is 6.39 Å². The van der Waals surface area contributed by atoms with E-state index in [0.29, 0.717) is 12.1 Å². The van der Waals surface area contributed by atoms with E-state index in [4.69, 9.17) is 9.15 Å². The normalized spacial score (nSPS) is 17.9. The topological polar surface area (TPSA) is 96.7 Å². The molecule has 2 N–H and O–H groups in total. The van der Waals surface area contributed by atoms with E-state index in [2.05, 4.69) is 15.6 Å². The molecular formula is C23H21F3N4O4. The second-order valence-electron chi connectivity index (χ2n) is 7.69. The molecule has 11 heteroatoms. The summed E-state index contributed by atoms with van der Waals surface area (Å²) in [6, 6.07) is 11.1. The van der Waals surface area contributed by atoms with Gasteiger partial charge in [-0.3, -0.25) is 9.59 Å². The van der Waals surface area contributed by atoms with Gasteiger partial charge in [0, 0.05) is 12.2 Å². The van der Waals surface area contributed by atoms with E-state index in [-0.39, 0.29) is 31.2 Å². The molecule has 2 aromatic carbocycles. The van der Waals surface area contributed by atoms with Crippen molar-refractivity contribution in [3.8, 4) is 0 Å². The van der Waals surface area contributed by atoms with E-state index >= 15 is 0 Å². The number of ether oxygens (including phenoxy) is 1. The highest BCUT2D eigenvalue weighted by Crippen LogP contribution is 2.35. The van der Waals surface area contributed by atoms with Crippen molar-refractivity contribution in [2.75, 3.05) is 18.5 Å². The molecule has 2 atom stereocenters. The summed E-state index contributed by atoms with van der Waals surface area (Å²) in [6.45, 7) is 0.704. The summed E-state index contributed by atoms with van der Waals surface area (Å²) in [4.78, 5) is 29.3. The first-order chi connectivity index (χ1) is 16.3. The van der Waals surface area contributed by atoms with Crippen LogP contribution >= 0.6 is 0 Å². The number of hydrogen-bond donors (Lipinski definition) is 2. The molecule has 1 aromatic heterocycles.